The molecule has 2 heterocycles. The molecule has 0 saturated carbocycles. The molecule has 1 fully saturated rings. The van der Waals surface area contributed by atoms with Crippen LogP contribution in [0.5, 0.6) is 5.75 Å². The van der Waals surface area contributed by atoms with Gasteiger partial charge in [0.2, 0.25) is 17.8 Å². The smallest absolute Gasteiger partial charge is 0.232 e. The number of hydrogen-bond acceptors (Lipinski definition) is 4. The van der Waals surface area contributed by atoms with Gasteiger partial charge in [-0.2, -0.15) is 0 Å². The zero-order chi connectivity index (χ0) is 19.0. The highest BCUT2D eigenvalue weighted by atomic mass is 16.5. The van der Waals surface area contributed by atoms with E-state index in [2.05, 4.69) is 15.3 Å². The van der Waals surface area contributed by atoms with Crippen molar-refractivity contribution in [2.45, 2.75) is 12.5 Å². The molecule has 7 heteroatoms. The number of aromatic amines is 1. The Labute approximate surface area is 156 Å². The number of benzene rings is 2. The molecule has 0 spiro atoms. The number of carbonyl (C=O) groups is 2. The van der Waals surface area contributed by atoms with E-state index in [0.717, 1.165) is 16.6 Å². The summed E-state index contributed by atoms with van der Waals surface area (Å²) in [6, 6.07) is 14.7. The Hall–Kier alpha value is -3.35. The van der Waals surface area contributed by atoms with Gasteiger partial charge in [-0.05, 0) is 29.8 Å². The molecule has 2 atom stereocenters. The SMILES string of the molecule is COc1cccc(C2C(C(=O)Nc3nc4ccccc4[nH]3)CC(=O)N2C)c1. The van der Waals surface area contributed by atoms with Gasteiger partial charge in [-0.25, -0.2) is 4.98 Å². The molecule has 1 saturated heterocycles. The largest absolute Gasteiger partial charge is 0.497 e. The quantitative estimate of drug-likeness (QED) is 0.745. The van der Waals surface area contributed by atoms with Crippen molar-refractivity contribution in [1.29, 1.82) is 0 Å². The number of anilines is 1. The number of nitrogens with zero attached hydrogens (tertiary/aromatic N) is 2. The van der Waals surface area contributed by atoms with Crippen molar-refractivity contribution < 1.29 is 14.3 Å². The van der Waals surface area contributed by atoms with Gasteiger partial charge in [0.25, 0.3) is 0 Å². The molecule has 2 amide bonds. The maximum atomic E-state index is 12.9. The van der Waals surface area contributed by atoms with Gasteiger partial charge in [0.05, 0.1) is 30.1 Å². The summed E-state index contributed by atoms with van der Waals surface area (Å²) in [6.45, 7) is 0. The molecule has 0 aliphatic carbocycles. The van der Waals surface area contributed by atoms with Crippen molar-refractivity contribution in [2.24, 2.45) is 5.92 Å². The topological polar surface area (TPSA) is 87.3 Å². The monoisotopic (exact) mass is 364 g/mol. The number of ether oxygens (including phenoxy) is 1. The minimum absolute atomic E-state index is 0.0624. The van der Waals surface area contributed by atoms with E-state index in [9.17, 15) is 9.59 Å². The van der Waals surface area contributed by atoms with Crippen LogP contribution in [0.25, 0.3) is 11.0 Å². The summed E-state index contributed by atoms with van der Waals surface area (Å²) in [5.74, 6) is 0.263. The molecule has 3 aromatic rings. The Morgan fingerprint density at radius 2 is 2.07 bits per heavy atom. The van der Waals surface area contributed by atoms with Gasteiger partial charge >= 0.3 is 0 Å². The van der Waals surface area contributed by atoms with Crippen LogP contribution in [-0.2, 0) is 9.59 Å². The summed E-state index contributed by atoms with van der Waals surface area (Å²) in [6.07, 6.45) is 0.157. The van der Waals surface area contributed by atoms with Crippen LogP contribution in [0.1, 0.15) is 18.0 Å². The predicted molar refractivity (Wildman–Crippen MR) is 101 cm³/mol. The number of H-pyrrole nitrogens is 1. The third kappa shape index (κ3) is 3.12. The van der Waals surface area contributed by atoms with Crippen LogP contribution < -0.4 is 10.1 Å². The molecule has 2 aromatic carbocycles. The number of nitrogens with one attached hydrogen (secondary N) is 2. The van der Waals surface area contributed by atoms with E-state index in [1.165, 1.54) is 0 Å². The first-order valence-electron chi connectivity index (χ1n) is 8.72. The Morgan fingerprint density at radius 1 is 1.26 bits per heavy atom. The number of likely N-dealkylation sites (tertiary alicyclic amines) is 1. The Bertz CT molecular complexity index is 980. The average molecular weight is 364 g/mol. The summed E-state index contributed by atoms with van der Waals surface area (Å²) in [4.78, 5) is 34.3. The maximum Gasteiger partial charge on any atom is 0.232 e. The molecule has 1 aliphatic heterocycles. The van der Waals surface area contributed by atoms with Crippen LogP contribution >= 0.6 is 0 Å². The first-order chi connectivity index (χ1) is 13.1. The number of methoxy groups -OCH3 is 1. The molecule has 7 nitrogen and oxygen atoms in total. The molecule has 4 rings (SSSR count). The summed E-state index contributed by atoms with van der Waals surface area (Å²) in [7, 11) is 3.31. The van der Waals surface area contributed by atoms with Crippen molar-refractivity contribution >= 4 is 28.8 Å². The minimum Gasteiger partial charge on any atom is -0.497 e. The summed E-state index contributed by atoms with van der Waals surface area (Å²) in [5, 5.41) is 2.83. The maximum absolute atomic E-state index is 12.9. The van der Waals surface area contributed by atoms with Crippen molar-refractivity contribution in [2.75, 3.05) is 19.5 Å². The van der Waals surface area contributed by atoms with Gasteiger partial charge in [0.15, 0.2) is 0 Å². The second-order valence-corrected chi connectivity index (χ2v) is 6.63. The molecule has 2 N–H and O–H groups in total. The summed E-state index contributed by atoms with van der Waals surface area (Å²) in [5.41, 5.74) is 2.49. The third-order valence-electron chi connectivity index (χ3n) is 4.99. The first kappa shape index (κ1) is 17.1. The number of fused-ring (bicyclic) bond motifs is 1. The van der Waals surface area contributed by atoms with Crippen LogP contribution in [0, 0.1) is 5.92 Å². The average Bonchev–Trinajstić information content (AvgIpc) is 3.22. The van der Waals surface area contributed by atoms with E-state index in [4.69, 9.17) is 4.74 Å². The van der Waals surface area contributed by atoms with Crippen molar-refractivity contribution in [3.05, 3.63) is 54.1 Å². The standard InChI is InChI=1S/C20H20N4O3/c1-24-17(25)11-14(18(24)12-6-5-7-13(10-12)27-2)19(26)23-20-21-15-8-3-4-9-16(15)22-20/h3-10,14,18H,11H2,1-2H3,(H2,21,22,23,26). The van der Waals surface area contributed by atoms with Gasteiger partial charge < -0.3 is 14.6 Å². The van der Waals surface area contributed by atoms with E-state index in [1.54, 1.807) is 19.1 Å². The fraction of sp³-hybridized carbons (Fsp3) is 0.250. The fourth-order valence-electron chi connectivity index (χ4n) is 3.61. The highest BCUT2D eigenvalue weighted by Crippen LogP contribution is 2.38. The number of carbonyl (C=O) groups excluding carboxylic acids is 2. The number of hydrogen-bond donors (Lipinski definition) is 2. The Morgan fingerprint density at radius 3 is 2.85 bits per heavy atom. The number of rotatable bonds is 4. The third-order valence-corrected chi connectivity index (χ3v) is 4.99. The molecule has 0 radical (unpaired) electrons. The van der Waals surface area contributed by atoms with Gasteiger partial charge in [-0.3, -0.25) is 14.9 Å². The van der Waals surface area contributed by atoms with Crippen molar-refractivity contribution in [3.8, 4) is 5.75 Å². The lowest BCUT2D eigenvalue weighted by molar-refractivity contribution is -0.128. The van der Waals surface area contributed by atoms with E-state index < -0.39 is 5.92 Å². The van der Waals surface area contributed by atoms with E-state index >= 15 is 0 Å². The van der Waals surface area contributed by atoms with Crippen LogP contribution in [0.15, 0.2) is 48.5 Å². The van der Waals surface area contributed by atoms with Gasteiger partial charge in [0.1, 0.15) is 5.75 Å². The molecule has 1 aromatic heterocycles. The van der Waals surface area contributed by atoms with Crippen molar-refractivity contribution in [3.63, 3.8) is 0 Å². The van der Waals surface area contributed by atoms with Crippen LogP contribution in [0.2, 0.25) is 0 Å². The zero-order valence-electron chi connectivity index (χ0n) is 15.1. The Kier molecular flexibility index (Phi) is 4.27. The lowest BCUT2D eigenvalue weighted by Crippen LogP contribution is -2.30. The normalized spacial score (nSPS) is 19.5. The lowest BCUT2D eigenvalue weighted by Gasteiger charge is -2.25. The molecule has 1 aliphatic rings. The molecule has 2 unspecified atom stereocenters. The second-order valence-electron chi connectivity index (χ2n) is 6.63. The van der Waals surface area contributed by atoms with E-state index in [-0.39, 0.29) is 24.3 Å². The van der Waals surface area contributed by atoms with Gasteiger partial charge in [0, 0.05) is 13.5 Å². The van der Waals surface area contributed by atoms with Gasteiger partial charge in [-0.1, -0.05) is 24.3 Å². The zero-order valence-corrected chi connectivity index (χ0v) is 15.1. The molecule has 27 heavy (non-hydrogen) atoms. The molecular formula is C20H20N4O3. The van der Waals surface area contributed by atoms with Crippen LogP contribution in [0.4, 0.5) is 5.95 Å². The van der Waals surface area contributed by atoms with Gasteiger partial charge in [-0.15, -0.1) is 0 Å². The lowest BCUT2D eigenvalue weighted by atomic mass is 9.93. The molecule has 138 valence electrons. The first-order valence-corrected chi connectivity index (χ1v) is 8.72. The summed E-state index contributed by atoms with van der Waals surface area (Å²) < 4.78 is 5.28. The molecule has 0 bridgehead atoms. The predicted octanol–water partition coefficient (Wildman–Crippen LogP) is 2.73. The number of aromatic nitrogens is 2. The van der Waals surface area contributed by atoms with Crippen LogP contribution in [-0.4, -0.2) is 40.8 Å². The molecular weight excluding hydrogens is 344 g/mol. The van der Waals surface area contributed by atoms with E-state index in [1.807, 2.05) is 48.5 Å². The highest BCUT2D eigenvalue weighted by Gasteiger charge is 2.43. The van der Waals surface area contributed by atoms with Crippen LogP contribution in [0.3, 0.4) is 0 Å². The minimum atomic E-state index is -0.511. The summed E-state index contributed by atoms with van der Waals surface area (Å²) >= 11 is 0. The second kappa shape index (κ2) is 6.75. The number of amides is 2. The highest BCUT2D eigenvalue weighted by molar-refractivity contribution is 5.97. The number of para-hydroxylation sites is 2. The fourth-order valence-corrected chi connectivity index (χ4v) is 3.61. The van der Waals surface area contributed by atoms with Crippen molar-refractivity contribution in [1.82, 2.24) is 14.9 Å². The number of imidazole rings is 1. The van der Waals surface area contributed by atoms with E-state index in [0.29, 0.717) is 11.7 Å². The Balaban J connectivity index is 1.61.